The summed E-state index contributed by atoms with van der Waals surface area (Å²) in [4.78, 5) is 6.36. The number of rotatable bonds is 4. The van der Waals surface area contributed by atoms with Gasteiger partial charge in [-0.2, -0.15) is 0 Å². The summed E-state index contributed by atoms with van der Waals surface area (Å²) in [5, 5.41) is 5.86. The second-order valence-corrected chi connectivity index (χ2v) is 7.98. The summed E-state index contributed by atoms with van der Waals surface area (Å²) < 4.78 is 22.8. The van der Waals surface area contributed by atoms with E-state index < -0.39 is 10.0 Å². The van der Waals surface area contributed by atoms with Crippen molar-refractivity contribution >= 4 is 32.6 Å². The minimum absolute atomic E-state index is 0.111. The van der Waals surface area contributed by atoms with Gasteiger partial charge in [0.15, 0.2) is 9.34 Å². The van der Waals surface area contributed by atoms with E-state index in [1.807, 2.05) is 18.2 Å². The van der Waals surface area contributed by atoms with E-state index in [0.717, 1.165) is 36.3 Å². The lowest BCUT2D eigenvalue weighted by Gasteiger charge is -2.21. The first-order valence-corrected chi connectivity index (χ1v) is 9.39. The van der Waals surface area contributed by atoms with Crippen molar-refractivity contribution < 1.29 is 8.42 Å². The third-order valence-corrected chi connectivity index (χ3v) is 6.05. The Bertz CT molecular complexity index is 769. The number of primary sulfonamides is 1. The van der Waals surface area contributed by atoms with E-state index >= 15 is 0 Å². The number of nitrogens with two attached hydrogens (primary N) is 1. The van der Waals surface area contributed by atoms with Crippen molar-refractivity contribution in [2.45, 2.75) is 23.1 Å². The molecule has 1 aliphatic heterocycles. The van der Waals surface area contributed by atoms with Crippen LogP contribution < -0.4 is 10.0 Å². The highest BCUT2D eigenvalue weighted by atomic mass is 32.2. The second kappa shape index (κ2) is 6.20. The molecule has 2 N–H and O–H groups in total. The van der Waals surface area contributed by atoms with Crippen molar-refractivity contribution in [2.75, 3.05) is 11.4 Å². The summed E-state index contributed by atoms with van der Waals surface area (Å²) in [5.41, 5.74) is 1.15. The topological polar surface area (TPSA) is 76.3 Å². The molecule has 0 unspecified atom stereocenters. The Morgan fingerprint density at radius 3 is 2.77 bits per heavy atom. The molecule has 0 radical (unpaired) electrons. The number of hydrogen-bond donors (Lipinski definition) is 1. The van der Waals surface area contributed by atoms with Gasteiger partial charge < -0.3 is 4.90 Å². The molecule has 7 heteroatoms. The van der Waals surface area contributed by atoms with Crippen LogP contribution in [-0.2, 0) is 10.0 Å². The summed E-state index contributed by atoms with van der Waals surface area (Å²) in [6, 6.07) is 10.3. The van der Waals surface area contributed by atoms with E-state index in [2.05, 4.69) is 34.2 Å². The Kier molecular flexibility index (Phi) is 4.28. The minimum atomic E-state index is -3.67. The van der Waals surface area contributed by atoms with Crippen molar-refractivity contribution in [3.8, 4) is 0 Å². The fourth-order valence-electron chi connectivity index (χ4n) is 2.53. The van der Waals surface area contributed by atoms with Crippen LogP contribution in [0.2, 0.25) is 0 Å². The first-order chi connectivity index (χ1) is 10.5. The molecule has 116 valence electrons. The van der Waals surface area contributed by atoms with Crippen LogP contribution in [0.1, 0.15) is 18.4 Å². The molecule has 0 amide bonds. The molecule has 0 saturated carbocycles. The zero-order valence-electron chi connectivity index (χ0n) is 11.9. The first-order valence-electron chi connectivity index (χ1n) is 7.02. The van der Waals surface area contributed by atoms with Gasteiger partial charge in [0.25, 0.3) is 0 Å². The molecule has 1 saturated heterocycles. The quantitative estimate of drug-likeness (QED) is 0.931. The minimum Gasteiger partial charge on any atom is -0.342 e. The maximum absolute atomic E-state index is 11.4. The smallest absolute Gasteiger partial charge is 0.249 e. The molecular weight excluding hydrogens is 318 g/mol. The summed E-state index contributed by atoms with van der Waals surface area (Å²) in [7, 11) is -3.67. The van der Waals surface area contributed by atoms with Crippen molar-refractivity contribution in [1.82, 2.24) is 4.98 Å². The third kappa shape index (κ3) is 3.37. The number of anilines is 1. The van der Waals surface area contributed by atoms with Crippen molar-refractivity contribution in [3.63, 3.8) is 0 Å². The SMILES string of the molecule is NS(=O)(=O)c1cnc(N2CCC[C@@H]2/C=C/c2ccccc2)s1. The van der Waals surface area contributed by atoms with Gasteiger partial charge in [-0.15, -0.1) is 0 Å². The summed E-state index contributed by atoms with van der Waals surface area (Å²) >= 11 is 1.13. The fraction of sp³-hybridized carbons (Fsp3) is 0.267. The molecule has 1 aromatic heterocycles. The molecule has 0 spiro atoms. The van der Waals surface area contributed by atoms with E-state index in [-0.39, 0.29) is 10.3 Å². The zero-order valence-corrected chi connectivity index (χ0v) is 13.6. The molecule has 0 bridgehead atoms. The average Bonchev–Trinajstić information content (AvgIpc) is 3.14. The lowest BCUT2D eigenvalue weighted by Crippen LogP contribution is -2.27. The van der Waals surface area contributed by atoms with Crippen molar-refractivity contribution in [3.05, 3.63) is 48.2 Å². The predicted octanol–water partition coefficient (Wildman–Crippen LogP) is 2.47. The normalized spacial score (nSPS) is 19.1. The molecule has 1 atom stereocenters. The second-order valence-electron chi connectivity index (χ2n) is 5.18. The fourth-order valence-corrected chi connectivity index (χ4v) is 4.15. The van der Waals surface area contributed by atoms with Crippen LogP contribution in [0.3, 0.4) is 0 Å². The maximum Gasteiger partial charge on any atom is 0.249 e. The average molecular weight is 335 g/mol. The van der Waals surface area contributed by atoms with Crippen LogP contribution in [0.5, 0.6) is 0 Å². The summed E-state index contributed by atoms with van der Waals surface area (Å²) in [6.45, 7) is 0.876. The molecule has 1 fully saturated rings. The van der Waals surface area contributed by atoms with E-state index in [9.17, 15) is 8.42 Å². The summed E-state index contributed by atoms with van der Waals surface area (Å²) in [6.07, 6.45) is 7.69. The van der Waals surface area contributed by atoms with E-state index in [0.29, 0.717) is 5.13 Å². The lowest BCUT2D eigenvalue weighted by atomic mass is 10.1. The van der Waals surface area contributed by atoms with E-state index in [4.69, 9.17) is 5.14 Å². The van der Waals surface area contributed by atoms with Gasteiger partial charge in [0.05, 0.1) is 6.20 Å². The van der Waals surface area contributed by atoms with Gasteiger partial charge >= 0.3 is 0 Å². The first kappa shape index (κ1) is 15.2. The molecule has 2 aromatic rings. The van der Waals surface area contributed by atoms with Gasteiger partial charge in [0.2, 0.25) is 10.0 Å². The molecule has 3 rings (SSSR count). The molecule has 1 aromatic carbocycles. The van der Waals surface area contributed by atoms with Crippen molar-refractivity contribution in [2.24, 2.45) is 5.14 Å². The highest BCUT2D eigenvalue weighted by Gasteiger charge is 2.26. The number of sulfonamides is 1. The standard InChI is InChI=1S/C15H17N3O2S2/c16-22(19,20)14-11-17-15(21-14)18-10-4-7-13(18)9-8-12-5-2-1-3-6-12/h1-3,5-6,8-9,11,13H,4,7,10H2,(H2,16,19,20)/b9-8+/t13-/m1/s1. The summed E-state index contributed by atoms with van der Waals surface area (Å²) in [5.74, 6) is 0. The number of benzene rings is 1. The van der Waals surface area contributed by atoms with Gasteiger partial charge in [-0.1, -0.05) is 53.8 Å². The Balaban J connectivity index is 1.79. The van der Waals surface area contributed by atoms with Gasteiger partial charge in [0, 0.05) is 12.6 Å². The van der Waals surface area contributed by atoms with Gasteiger partial charge in [-0.25, -0.2) is 18.5 Å². The van der Waals surface area contributed by atoms with Crippen LogP contribution >= 0.6 is 11.3 Å². The Morgan fingerprint density at radius 2 is 2.09 bits per heavy atom. The third-order valence-electron chi connectivity index (χ3n) is 3.61. The Labute approximate surface area is 134 Å². The molecule has 22 heavy (non-hydrogen) atoms. The van der Waals surface area contributed by atoms with Crippen LogP contribution in [0, 0.1) is 0 Å². The molecule has 2 heterocycles. The number of thiazole rings is 1. The maximum atomic E-state index is 11.4. The van der Waals surface area contributed by atoms with E-state index in [1.54, 1.807) is 0 Å². The predicted molar refractivity (Wildman–Crippen MR) is 89.3 cm³/mol. The van der Waals surface area contributed by atoms with E-state index in [1.165, 1.54) is 6.20 Å². The van der Waals surface area contributed by atoms with Crippen LogP contribution in [0.4, 0.5) is 5.13 Å². The van der Waals surface area contributed by atoms with Gasteiger partial charge in [0.1, 0.15) is 0 Å². The molecule has 5 nitrogen and oxygen atoms in total. The number of nitrogens with zero attached hydrogens (tertiary/aromatic N) is 2. The molecule has 0 aliphatic carbocycles. The Morgan fingerprint density at radius 1 is 1.32 bits per heavy atom. The van der Waals surface area contributed by atoms with Crippen molar-refractivity contribution in [1.29, 1.82) is 0 Å². The molecule has 1 aliphatic rings. The largest absolute Gasteiger partial charge is 0.342 e. The number of hydrogen-bond acceptors (Lipinski definition) is 5. The lowest BCUT2D eigenvalue weighted by molar-refractivity contribution is 0.599. The highest BCUT2D eigenvalue weighted by molar-refractivity contribution is 7.91. The van der Waals surface area contributed by atoms with Crippen LogP contribution in [0.25, 0.3) is 6.08 Å². The highest BCUT2D eigenvalue weighted by Crippen LogP contribution is 2.31. The monoisotopic (exact) mass is 335 g/mol. The zero-order chi connectivity index (χ0) is 15.6. The molecular formula is C15H17N3O2S2. The Hall–Kier alpha value is -1.70. The van der Waals surface area contributed by atoms with Gasteiger partial charge in [-0.3, -0.25) is 0 Å². The number of aromatic nitrogens is 1. The van der Waals surface area contributed by atoms with Gasteiger partial charge in [-0.05, 0) is 18.4 Å². The van der Waals surface area contributed by atoms with Crippen LogP contribution in [-0.4, -0.2) is 26.0 Å². The van der Waals surface area contributed by atoms with Crippen LogP contribution in [0.15, 0.2) is 46.8 Å².